The number of ether oxygens (including phenoxy) is 2. The van der Waals surface area contributed by atoms with Crippen LogP contribution in [0.15, 0.2) is 47.8 Å². The number of carbonyl (C=O) groups is 4. The maximum absolute atomic E-state index is 14.7. The van der Waals surface area contributed by atoms with Gasteiger partial charge in [-0.25, -0.2) is 13.2 Å². The van der Waals surface area contributed by atoms with Gasteiger partial charge in [-0.3, -0.25) is 28.5 Å². The largest absolute Gasteiger partial charge is 0.473 e. The van der Waals surface area contributed by atoms with E-state index in [9.17, 15) is 32.4 Å². The third kappa shape index (κ3) is 7.51. The van der Waals surface area contributed by atoms with E-state index in [1.54, 1.807) is 12.1 Å². The number of allylic oxidation sites excluding steroid dienone is 2. The molecule has 0 radical (unpaired) electrons. The first kappa shape index (κ1) is 36.2. The van der Waals surface area contributed by atoms with E-state index in [0.29, 0.717) is 12.8 Å². The van der Waals surface area contributed by atoms with Crippen molar-refractivity contribution in [2.24, 2.45) is 17.8 Å². The molecule has 7 rings (SSSR count). The molecule has 0 spiro atoms. The van der Waals surface area contributed by atoms with Crippen LogP contribution in [0.1, 0.15) is 83.5 Å². The number of nitrogens with zero attached hydrogens (tertiary/aromatic N) is 2. The first-order valence-electron chi connectivity index (χ1n) is 18.8. The van der Waals surface area contributed by atoms with Gasteiger partial charge in [-0.2, -0.15) is 0 Å². The first-order valence-corrected chi connectivity index (χ1v) is 20.3. The quantitative estimate of drug-likeness (QED) is 0.354. The van der Waals surface area contributed by atoms with E-state index < -0.39 is 68.7 Å². The van der Waals surface area contributed by atoms with Crippen molar-refractivity contribution >= 4 is 33.8 Å². The SMILES string of the molecule is C=C[C@@H]1C[C@]1(NC(=O)[C@@H]1C[C@@H]2CN1C(=O)[C@H](C1CCCC1)NC(=O)O[C@@H]1CCC[C@H]1CC/C=C/Cn1c(cccc1=O)O2)C(=O)NS(=O)(=O)C1CC1. The maximum atomic E-state index is 14.7. The van der Waals surface area contributed by atoms with Gasteiger partial charge >= 0.3 is 6.09 Å². The van der Waals surface area contributed by atoms with Gasteiger partial charge < -0.3 is 25.0 Å². The number of hydrogen-bond donors (Lipinski definition) is 3. The van der Waals surface area contributed by atoms with Crippen molar-refractivity contribution in [2.75, 3.05) is 6.54 Å². The van der Waals surface area contributed by atoms with Gasteiger partial charge in [0, 0.05) is 24.9 Å². The van der Waals surface area contributed by atoms with Crippen molar-refractivity contribution < 1.29 is 37.1 Å². The zero-order valence-electron chi connectivity index (χ0n) is 29.4. The molecule has 282 valence electrons. The average Bonchev–Trinajstić information content (AvgIpc) is 3.90. The van der Waals surface area contributed by atoms with Gasteiger partial charge in [0.05, 0.1) is 11.8 Å². The molecular weight excluding hydrogens is 691 g/mol. The molecule has 1 aromatic heterocycles. The Balaban J connectivity index is 1.20. The number of aromatic nitrogens is 1. The van der Waals surface area contributed by atoms with Crippen molar-refractivity contribution in [3.05, 3.63) is 53.4 Å². The lowest BCUT2D eigenvalue weighted by Crippen LogP contribution is -2.59. The van der Waals surface area contributed by atoms with Crippen molar-refractivity contribution in [2.45, 2.75) is 125 Å². The van der Waals surface area contributed by atoms with Gasteiger partial charge in [0.25, 0.3) is 11.5 Å². The Labute approximate surface area is 303 Å². The number of fused-ring (bicyclic) bond motifs is 4. The minimum atomic E-state index is -3.89. The Morgan fingerprint density at radius 2 is 1.73 bits per heavy atom. The Kier molecular flexibility index (Phi) is 10.2. The minimum Gasteiger partial charge on any atom is -0.473 e. The summed E-state index contributed by atoms with van der Waals surface area (Å²) in [5.74, 6) is -2.17. The summed E-state index contributed by atoms with van der Waals surface area (Å²) in [6.07, 6.45) is 12.3. The molecule has 4 saturated carbocycles. The monoisotopic (exact) mass is 739 g/mol. The van der Waals surface area contributed by atoms with E-state index in [-0.39, 0.29) is 55.3 Å². The smallest absolute Gasteiger partial charge is 0.408 e. The van der Waals surface area contributed by atoms with Gasteiger partial charge in [0.2, 0.25) is 21.8 Å². The van der Waals surface area contributed by atoms with Crippen LogP contribution in [0, 0.1) is 17.8 Å². The summed E-state index contributed by atoms with van der Waals surface area (Å²) in [5.41, 5.74) is -1.80. The second-order valence-electron chi connectivity index (χ2n) is 15.3. The zero-order valence-corrected chi connectivity index (χ0v) is 30.2. The fourth-order valence-electron chi connectivity index (χ4n) is 8.59. The predicted molar refractivity (Wildman–Crippen MR) is 189 cm³/mol. The minimum absolute atomic E-state index is 0.0267. The summed E-state index contributed by atoms with van der Waals surface area (Å²) in [6, 6.07) is 2.64. The molecular formula is C37H49N5O9S. The van der Waals surface area contributed by atoms with Crippen LogP contribution in [0.2, 0.25) is 0 Å². The summed E-state index contributed by atoms with van der Waals surface area (Å²) >= 11 is 0. The van der Waals surface area contributed by atoms with Gasteiger partial charge in [-0.15, -0.1) is 6.58 Å². The topological polar surface area (TPSA) is 182 Å². The van der Waals surface area contributed by atoms with Crippen LogP contribution < -0.4 is 25.7 Å². The van der Waals surface area contributed by atoms with Crippen molar-refractivity contribution in [1.82, 2.24) is 24.8 Å². The van der Waals surface area contributed by atoms with Gasteiger partial charge in [0.15, 0.2) is 5.88 Å². The van der Waals surface area contributed by atoms with E-state index in [1.807, 2.05) is 12.2 Å². The predicted octanol–water partition coefficient (Wildman–Crippen LogP) is 2.67. The number of carbonyl (C=O) groups excluding carboxylic acids is 4. The average molecular weight is 740 g/mol. The summed E-state index contributed by atoms with van der Waals surface area (Å²) in [6.45, 7) is 4.01. The van der Waals surface area contributed by atoms with Crippen LogP contribution >= 0.6 is 0 Å². The van der Waals surface area contributed by atoms with Crippen molar-refractivity contribution in [3.63, 3.8) is 0 Å². The van der Waals surface area contributed by atoms with Gasteiger partial charge in [-0.05, 0) is 82.1 Å². The second-order valence-corrected chi connectivity index (χ2v) is 17.3. The summed E-state index contributed by atoms with van der Waals surface area (Å²) in [4.78, 5) is 70.3. The number of alkyl carbamates (subject to hydrolysis) is 1. The first-order chi connectivity index (χ1) is 25.0. The molecule has 52 heavy (non-hydrogen) atoms. The molecule has 1 saturated heterocycles. The molecule has 2 bridgehead atoms. The van der Waals surface area contributed by atoms with E-state index in [1.165, 1.54) is 21.6 Å². The molecule has 14 nitrogen and oxygen atoms in total. The fraction of sp³-hybridized carbons (Fsp3) is 0.649. The molecule has 6 aliphatic rings. The van der Waals surface area contributed by atoms with E-state index in [4.69, 9.17) is 9.47 Å². The van der Waals surface area contributed by atoms with Crippen LogP contribution in [-0.4, -0.2) is 83.3 Å². The Bertz CT molecular complexity index is 1780. The number of rotatable bonds is 7. The number of sulfonamides is 1. The molecule has 1 aromatic rings. The molecule has 15 heteroatoms. The second kappa shape index (κ2) is 14.7. The zero-order chi connectivity index (χ0) is 36.6. The van der Waals surface area contributed by atoms with Gasteiger partial charge in [-0.1, -0.05) is 37.1 Å². The molecule has 2 aliphatic heterocycles. The lowest BCUT2D eigenvalue weighted by molar-refractivity contribution is -0.142. The van der Waals surface area contributed by atoms with Gasteiger partial charge in [0.1, 0.15) is 29.8 Å². The lowest BCUT2D eigenvalue weighted by Gasteiger charge is -2.32. The molecule has 3 N–H and O–H groups in total. The van der Waals surface area contributed by atoms with Crippen LogP contribution in [0.3, 0.4) is 0 Å². The van der Waals surface area contributed by atoms with Crippen LogP contribution in [0.5, 0.6) is 5.88 Å². The Morgan fingerprint density at radius 1 is 0.962 bits per heavy atom. The summed E-state index contributed by atoms with van der Waals surface area (Å²) in [7, 11) is -3.89. The third-order valence-corrected chi connectivity index (χ3v) is 13.6. The van der Waals surface area contributed by atoms with E-state index in [2.05, 4.69) is 21.9 Å². The van der Waals surface area contributed by atoms with E-state index >= 15 is 0 Å². The standard InChI is InChI=1S/C37H49N5O9S/c1-2-25-21-37(25,35(46)40-52(48,49)27-17-18-27)39-33(44)28-20-26-22-42(28)34(45)32(24-11-5-6-12-24)38-36(47)51-29-14-8-13-23(29)10-4-3-7-19-41-30(43)15-9-16-31(41)50-26/h2-3,7,9,15-16,23-29,32H,1,4-6,8,10-14,17-22H2,(H,38,47)(H,39,44)(H,40,46)/b7-3+/t23-,25-,26-,28+,29-,32+,37-/m1/s1. The van der Waals surface area contributed by atoms with Crippen molar-refractivity contribution in [3.8, 4) is 5.88 Å². The maximum Gasteiger partial charge on any atom is 0.408 e. The summed E-state index contributed by atoms with van der Waals surface area (Å²) < 4.78 is 41.4. The van der Waals surface area contributed by atoms with E-state index in [0.717, 1.165) is 57.8 Å². The third-order valence-electron chi connectivity index (χ3n) is 11.8. The lowest BCUT2D eigenvalue weighted by atomic mass is 9.96. The Hall–Kier alpha value is -4.14. The molecule has 5 fully saturated rings. The molecule has 0 aromatic carbocycles. The highest BCUT2D eigenvalue weighted by Gasteiger charge is 2.62. The molecule has 4 aliphatic carbocycles. The highest BCUT2D eigenvalue weighted by atomic mass is 32.2. The molecule has 7 atom stereocenters. The number of hydrogen-bond acceptors (Lipinski definition) is 9. The van der Waals surface area contributed by atoms with Crippen LogP contribution in [-0.2, 0) is 35.7 Å². The molecule has 4 amide bonds. The van der Waals surface area contributed by atoms with Crippen LogP contribution in [0.25, 0.3) is 0 Å². The van der Waals surface area contributed by atoms with Crippen molar-refractivity contribution in [1.29, 1.82) is 0 Å². The molecule has 3 heterocycles. The number of pyridine rings is 1. The highest BCUT2D eigenvalue weighted by molar-refractivity contribution is 7.91. The molecule has 0 unspecified atom stereocenters. The normalized spacial score (nSPS) is 33.3. The summed E-state index contributed by atoms with van der Waals surface area (Å²) in [5, 5.41) is 5.07. The number of amides is 4. The number of nitrogens with one attached hydrogen (secondary N) is 3. The van der Waals surface area contributed by atoms with Crippen LogP contribution in [0.4, 0.5) is 4.79 Å². The highest BCUT2D eigenvalue weighted by Crippen LogP contribution is 2.45. The fourth-order valence-corrected chi connectivity index (χ4v) is 9.96. The Morgan fingerprint density at radius 3 is 2.46 bits per heavy atom.